The van der Waals surface area contributed by atoms with E-state index in [0.717, 1.165) is 17.8 Å². The van der Waals surface area contributed by atoms with Crippen molar-refractivity contribution >= 4 is 0 Å². The summed E-state index contributed by atoms with van der Waals surface area (Å²) in [6.07, 6.45) is 2.71. The maximum Gasteiger partial charge on any atom is 0.0661 e. The summed E-state index contributed by atoms with van der Waals surface area (Å²) in [5.41, 5.74) is 0. The van der Waals surface area contributed by atoms with Crippen molar-refractivity contribution in [1.82, 2.24) is 0 Å². The molecular weight excluding hydrogens is 134 g/mol. The SMILES string of the molecule is CC1CC2CC1C(C#N)C2C. The van der Waals surface area contributed by atoms with Gasteiger partial charge in [-0.05, 0) is 36.5 Å². The highest BCUT2D eigenvalue weighted by molar-refractivity contribution is 5.05. The molecule has 5 atom stereocenters. The van der Waals surface area contributed by atoms with Crippen molar-refractivity contribution in [2.75, 3.05) is 0 Å². The van der Waals surface area contributed by atoms with E-state index in [-0.39, 0.29) is 0 Å². The highest BCUT2D eigenvalue weighted by atomic mass is 14.5. The molecule has 2 fully saturated rings. The molecule has 1 heteroatoms. The fraction of sp³-hybridized carbons (Fsp3) is 0.900. The van der Waals surface area contributed by atoms with E-state index in [1.807, 2.05) is 0 Å². The molecule has 2 bridgehead atoms. The van der Waals surface area contributed by atoms with Gasteiger partial charge in [-0.15, -0.1) is 0 Å². The van der Waals surface area contributed by atoms with Gasteiger partial charge in [-0.3, -0.25) is 0 Å². The molecule has 0 aromatic carbocycles. The van der Waals surface area contributed by atoms with Crippen molar-refractivity contribution in [3.63, 3.8) is 0 Å². The predicted molar refractivity (Wildman–Crippen MR) is 43.6 cm³/mol. The van der Waals surface area contributed by atoms with Gasteiger partial charge in [0.1, 0.15) is 0 Å². The first-order valence-corrected chi connectivity index (χ1v) is 4.63. The van der Waals surface area contributed by atoms with Crippen LogP contribution in [0.3, 0.4) is 0 Å². The van der Waals surface area contributed by atoms with Crippen LogP contribution in [-0.2, 0) is 0 Å². The summed E-state index contributed by atoms with van der Waals surface area (Å²) >= 11 is 0. The second-order valence-electron chi connectivity index (χ2n) is 4.39. The molecule has 0 spiro atoms. The number of nitriles is 1. The molecular formula is C10H15N. The van der Waals surface area contributed by atoms with Gasteiger partial charge in [-0.25, -0.2) is 0 Å². The molecule has 0 amide bonds. The smallest absolute Gasteiger partial charge is 0.0661 e. The Morgan fingerprint density at radius 3 is 2.45 bits per heavy atom. The summed E-state index contributed by atoms with van der Waals surface area (Å²) in [5.74, 6) is 3.49. The van der Waals surface area contributed by atoms with Crippen molar-refractivity contribution in [1.29, 1.82) is 5.26 Å². The van der Waals surface area contributed by atoms with Gasteiger partial charge >= 0.3 is 0 Å². The van der Waals surface area contributed by atoms with E-state index >= 15 is 0 Å². The van der Waals surface area contributed by atoms with E-state index in [4.69, 9.17) is 5.26 Å². The molecule has 2 rings (SSSR count). The van der Waals surface area contributed by atoms with Crippen molar-refractivity contribution in [3.05, 3.63) is 0 Å². The molecule has 0 aliphatic heterocycles. The van der Waals surface area contributed by atoms with Gasteiger partial charge in [-0.1, -0.05) is 13.8 Å². The number of rotatable bonds is 0. The lowest BCUT2D eigenvalue weighted by Gasteiger charge is -2.27. The van der Waals surface area contributed by atoms with Crippen LogP contribution in [0, 0.1) is 40.9 Å². The standard InChI is InChI=1S/C10H15N/c1-6-3-8-4-9(6)10(5-11)7(8)2/h6-10H,3-4H2,1-2H3. The maximum absolute atomic E-state index is 8.93. The fourth-order valence-electron chi connectivity index (χ4n) is 3.16. The average molecular weight is 149 g/mol. The molecule has 0 N–H and O–H groups in total. The van der Waals surface area contributed by atoms with E-state index < -0.39 is 0 Å². The summed E-state index contributed by atoms with van der Waals surface area (Å²) in [5, 5.41) is 8.93. The fourth-order valence-corrected chi connectivity index (χ4v) is 3.16. The second-order valence-corrected chi connectivity index (χ2v) is 4.39. The van der Waals surface area contributed by atoms with Gasteiger partial charge in [-0.2, -0.15) is 5.26 Å². The van der Waals surface area contributed by atoms with Crippen LogP contribution in [0.25, 0.3) is 0 Å². The quantitative estimate of drug-likeness (QED) is 0.519. The van der Waals surface area contributed by atoms with E-state index in [2.05, 4.69) is 19.9 Å². The van der Waals surface area contributed by atoms with Gasteiger partial charge in [0.25, 0.3) is 0 Å². The number of hydrogen-bond donors (Lipinski definition) is 0. The van der Waals surface area contributed by atoms with Crippen molar-refractivity contribution < 1.29 is 0 Å². The second kappa shape index (κ2) is 2.24. The van der Waals surface area contributed by atoms with Crippen molar-refractivity contribution in [3.8, 4) is 6.07 Å². The minimum atomic E-state index is 0.378. The van der Waals surface area contributed by atoms with Crippen LogP contribution in [-0.4, -0.2) is 0 Å². The first kappa shape index (κ1) is 7.16. The lowest BCUT2D eigenvalue weighted by atomic mass is 9.76. The summed E-state index contributed by atoms with van der Waals surface area (Å²) in [6.45, 7) is 4.56. The molecule has 2 saturated carbocycles. The molecule has 2 aliphatic rings. The Hall–Kier alpha value is -0.510. The molecule has 0 radical (unpaired) electrons. The monoisotopic (exact) mass is 149 g/mol. The zero-order valence-electron chi connectivity index (χ0n) is 7.25. The van der Waals surface area contributed by atoms with Crippen LogP contribution in [0.4, 0.5) is 0 Å². The van der Waals surface area contributed by atoms with Crippen LogP contribution in [0.1, 0.15) is 26.7 Å². The molecule has 5 unspecified atom stereocenters. The Bertz CT molecular complexity index is 203. The molecule has 60 valence electrons. The Morgan fingerprint density at radius 1 is 1.27 bits per heavy atom. The van der Waals surface area contributed by atoms with Crippen molar-refractivity contribution in [2.24, 2.45) is 29.6 Å². The number of hydrogen-bond acceptors (Lipinski definition) is 1. The number of nitrogens with zero attached hydrogens (tertiary/aromatic N) is 1. The minimum Gasteiger partial charge on any atom is -0.198 e. The Balaban J connectivity index is 2.21. The predicted octanol–water partition coefficient (Wildman–Crippen LogP) is 2.44. The topological polar surface area (TPSA) is 23.8 Å². The molecule has 2 aliphatic carbocycles. The molecule has 1 nitrogen and oxygen atoms in total. The third-order valence-electron chi connectivity index (χ3n) is 3.90. The zero-order valence-corrected chi connectivity index (χ0v) is 7.25. The van der Waals surface area contributed by atoms with Gasteiger partial charge < -0.3 is 0 Å². The molecule has 0 heterocycles. The van der Waals surface area contributed by atoms with Gasteiger partial charge in [0.15, 0.2) is 0 Å². The normalized spacial score (nSPS) is 54.5. The highest BCUT2D eigenvalue weighted by Crippen LogP contribution is 2.54. The van der Waals surface area contributed by atoms with E-state index in [0.29, 0.717) is 11.8 Å². The Morgan fingerprint density at radius 2 is 2.00 bits per heavy atom. The lowest BCUT2D eigenvalue weighted by molar-refractivity contribution is 0.231. The Labute approximate surface area is 68.4 Å². The van der Waals surface area contributed by atoms with Gasteiger partial charge in [0.05, 0.1) is 12.0 Å². The third-order valence-corrected chi connectivity index (χ3v) is 3.90. The third kappa shape index (κ3) is 0.819. The van der Waals surface area contributed by atoms with Crippen LogP contribution in [0.15, 0.2) is 0 Å². The summed E-state index contributed by atoms with van der Waals surface area (Å²) < 4.78 is 0. The summed E-state index contributed by atoms with van der Waals surface area (Å²) in [7, 11) is 0. The lowest BCUT2D eigenvalue weighted by Crippen LogP contribution is -2.23. The summed E-state index contributed by atoms with van der Waals surface area (Å²) in [6, 6.07) is 2.48. The van der Waals surface area contributed by atoms with Crippen molar-refractivity contribution in [2.45, 2.75) is 26.7 Å². The van der Waals surface area contributed by atoms with Crippen LogP contribution in [0.2, 0.25) is 0 Å². The molecule has 0 saturated heterocycles. The average Bonchev–Trinajstić information content (AvgIpc) is 2.45. The molecule has 0 aromatic rings. The van der Waals surface area contributed by atoms with Gasteiger partial charge in [0.2, 0.25) is 0 Å². The van der Waals surface area contributed by atoms with E-state index in [1.165, 1.54) is 12.8 Å². The van der Waals surface area contributed by atoms with E-state index in [9.17, 15) is 0 Å². The highest BCUT2D eigenvalue weighted by Gasteiger charge is 2.48. The molecule has 11 heavy (non-hydrogen) atoms. The first-order valence-electron chi connectivity index (χ1n) is 4.63. The Kier molecular flexibility index (Phi) is 1.45. The largest absolute Gasteiger partial charge is 0.198 e. The van der Waals surface area contributed by atoms with Crippen LogP contribution in [0.5, 0.6) is 0 Å². The minimum absolute atomic E-state index is 0.378. The molecule has 0 aromatic heterocycles. The number of fused-ring (bicyclic) bond motifs is 2. The van der Waals surface area contributed by atoms with Crippen LogP contribution >= 0.6 is 0 Å². The van der Waals surface area contributed by atoms with E-state index in [1.54, 1.807) is 0 Å². The summed E-state index contributed by atoms with van der Waals surface area (Å²) in [4.78, 5) is 0. The van der Waals surface area contributed by atoms with Gasteiger partial charge in [0, 0.05) is 0 Å². The van der Waals surface area contributed by atoms with Crippen LogP contribution < -0.4 is 0 Å². The first-order chi connectivity index (χ1) is 5.24. The zero-order chi connectivity index (χ0) is 8.01. The maximum atomic E-state index is 8.93.